The van der Waals surface area contributed by atoms with Gasteiger partial charge in [-0.05, 0) is 40.7 Å². The van der Waals surface area contributed by atoms with Gasteiger partial charge in [0.05, 0.1) is 43.7 Å². The van der Waals surface area contributed by atoms with Crippen molar-refractivity contribution < 1.29 is 75.0 Å². The molecule has 29 heavy (non-hydrogen) atoms. The van der Waals surface area contributed by atoms with Gasteiger partial charge in [-0.1, -0.05) is 24.8 Å². The van der Waals surface area contributed by atoms with Gasteiger partial charge in [0.25, 0.3) is 0 Å². The summed E-state index contributed by atoms with van der Waals surface area (Å²) in [6.45, 7) is 8.40. The Morgan fingerprint density at radius 2 is 1.72 bits per heavy atom. The van der Waals surface area contributed by atoms with E-state index in [2.05, 4.69) is 0 Å². The van der Waals surface area contributed by atoms with E-state index in [0.29, 0.717) is 6.61 Å². The van der Waals surface area contributed by atoms with Crippen LogP contribution in [-0.2, 0) is 81.9 Å². The van der Waals surface area contributed by atoms with Gasteiger partial charge in [-0.3, -0.25) is 6.42 Å². The van der Waals surface area contributed by atoms with Gasteiger partial charge < -0.3 is 32.9 Å². The van der Waals surface area contributed by atoms with Crippen molar-refractivity contribution in [2.24, 2.45) is 0 Å². The molecule has 2 saturated heterocycles. The molecule has 2 aliphatic rings. The van der Waals surface area contributed by atoms with Gasteiger partial charge in [0.2, 0.25) is 0 Å². The maximum absolute atomic E-state index is 12.7. The normalized spacial score (nSPS) is 34.1. The standard InChI is InChI=1S/C18H34O7PS.2W/c1-11(2)20-9-17-16(8-14(6)23-17)25-26(19,27)21-10-18-15(22-12(3)4)7-13(5)24-18;;/h8,11-18H,7,9-10H2,1-6H3,(H,19,27);;/q-1;;/p-1/t13-,14-,15?,16?,17+,18+,26?;;/m0../s1. The quantitative estimate of drug-likeness (QED) is 0.247. The first-order valence-electron chi connectivity index (χ1n) is 9.62. The second-order valence-electron chi connectivity index (χ2n) is 7.71. The summed E-state index contributed by atoms with van der Waals surface area (Å²) in [4.78, 5) is 12.7. The fraction of sp³-hybridized carbons (Fsp3) is 0.944. The maximum atomic E-state index is 12.7. The SMILES string of the molecule is CC(C)OC[C@H]1O[C@@H](C)[CH-]C1OP([O-])(=S)OC[C@H]1O[C@@H](C)CC1OC(C)C.[W].[W]. The third kappa shape index (κ3) is 10.9. The van der Waals surface area contributed by atoms with E-state index >= 15 is 0 Å². The first-order chi connectivity index (χ1) is 12.6. The van der Waals surface area contributed by atoms with Crippen LogP contribution >= 0.6 is 6.72 Å². The molecule has 3 unspecified atom stereocenters. The predicted molar refractivity (Wildman–Crippen MR) is 104 cm³/mol. The van der Waals surface area contributed by atoms with Crippen LogP contribution in [0.4, 0.5) is 0 Å². The molecule has 0 aromatic carbocycles. The molecule has 2 aliphatic heterocycles. The van der Waals surface area contributed by atoms with Gasteiger partial charge in [0, 0.05) is 48.6 Å². The molecular weight excluding hydrogens is 759 g/mol. The van der Waals surface area contributed by atoms with Crippen LogP contribution in [0.3, 0.4) is 0 Å². The minimum Gasteiger partial charge on any atom is -0.780 e. The van der Waals surface area contributed by atoms with Crippen LogP contribution in [0, 0.1) is 6.42 Å². The van der Waals surface area contributed by atoms with Crippen molar-refractivity contribution in [3.63, 3.8) is 0 Å². The maximum Gasteiger partial charge on any atom is 0.113 e. The molecule has 0 spiro atoms. The number of hydrogen-bond donors (Lipinski definition) is 0. The zero-order valence-corrected chi connectivity index (χ0v) is 25.4. The van der Waals surface area contributed by atoms with Crippen LogP contribution in [0.5, 0.6) is 0 Å². The van der Waals surface area contributed by atoms with Crippen molar-refractivity contribution in [1.82, 2.24) is 0 Å². The molecule has 2 fully saturated rings. The molecule has 2 rings (SSSR count). The Bertz CT molecular complexity index is 515. The summed E-state index contributed by atoms with van der Waals surface area (Å²) >= 11 is 5.10. The van der Waals surface area contributed by atoms with Crippen LogP contribution in [0.15, 0.2) is 0 Å². The van der Waals surface area contributed by atoms with Gasteiger partial charge in [0.15, 0.2) is 0 Å². The summed E-state index contributed by atoms with van der Waals surface area (Å²) in [6, 6.07) is 0. The van der Waals surface area contributed by atoms with Crippen molar-refractivity contribution in [3.05, 3.63) is 6.42 Å². The predicted octanol–water partition coefficient (Wildman–Crippen LogP) is 2.36. The van der Waals surface area contributed by atoms with Gasteiger partial charge in [-0.25, -0.2) is 0 Å². The Kier molecular flexibility index (Phi) is 15.0. The minimum atomic E-state index is -3.70. The zero-order chi connectivity index (χ0) is 20.2. The van der Waals surface area contributed by atoms with Crippen LogP contribution < -0.4 is 4.89 Å². The summed E-state index contributed by atoms with van der Waals surface area (Å²) in [5.74, 6) is 0. The molecule has 7 atom stereocenters. The summed E-state index contributed by atoms with van der Waals surface area (Å²) in [5.41, 5.74) is 0. The molecule has 0 aliphatic carbocycles. The van der Waals surface area contributed by atoms with E-state index in [4.69, 9.17) is 39.8 Å². The second-order valence-corrected chi connectivity index (χ2v) is 10.4. The Morgan fingerprint density at radius 1 is 1.07 bits per heavy atom. The molecule has 7 nitrogen and oxygen atoms in total. The summed E-state index contributed by atoms with van der Waals surface area (Å²) < 4.78 is 34.1. The average molecular weight is 792 g/mol. The fourth-order valence-corrected chi connectivity index (χ4v) is 4.59. The van der Waals surface area contributed by atoms with E-state index in [9.17, 15) is 4.89 Å². The Morgan fingerprint density at radius 3 is 2.31 bits per heavy atom. The molecule has 0 aromatic heterocycles. The summed E-state index contributed by atoms with van der Waals surface area (Å²) in [6.07, 6.45) is 1.35. The van der Waals surface area contributed by atoms with Crippen molar-refractivity contribution in [2.75, 3.05) is 13.2 Å². The molecule has 0 amide bonds. The summed E-state index contributed by atoms with van der Waals surface area (Å²) in [5, 5.41) is 0. The van der Waals surface area contributed by atoms with E-state index < -0.39 is 12.8 Å². The van der Waals surface area contributed by atoms with E-state index in [1.54, 1.807) is 0 Å². The Labute approximate surface area is 209 Å². The first kappa shape index (κ1) is 30.7. The average Bonchev–Trinajstić information content (AvgIpc) is 3.04. The van der Waals surface area contributed by atoms with Crippen molar-refractivity contribution in [1.29, 1.82) is 0 Å². The molecule has 0 bridgehead atoms. The van der Waals surface area contributed by atoms with Crippen LogP contribution in [0.25, 0.3) is 0 Å². The number of ether oxygens (including phenoxy) is 4. The number of hydrogen-bond acceptors (Lipinski definition) is 8. The molecule has 11 heteroatoms. The zero-order valence-electron chi connectivity index (χ0n) is 17.8. The topological polar surface area (TPSA) is 78.4 Å². The Hall–Kier alpha value is 1.75. The fourth-order valence-electron chi connectivity index (χ4n) is 3.22. The third-order valence-electron chi connectivity index (χ3n) is 4.29. The van der Waals surface area contributed by atoms with E-state index in [0.717, 1.165) is 6.42 Å². The third-order valence-corrected chi connectivity index (χ3v) is 5.83. The molecule has 0 N–H and O–H groups in total. The molecule has 172 valence electrons. The molecule has 2 heterocycles. The van der Waals surface area contributed by atoms with Gasteiger partial charge in [0.1, 0.15) is 12.8 Å². The van der Waals surface area contributed by atoms with Gasteiger partial charge in [-0.15, -0.1) is 0 Å². The van der Waals surface area contributed by atoms with Crippen LogP contribution in [-0.4, -0.2) is 62.0 Å². The monoisotopic (exact) mass is 792 g/mol. The minimum absolute atomic E-state index is 0. The molecule has 0 radical (unpaired) electrons. The van der Waals surface area contributed by atoms with Crippen molar-refractivity contribution >= 4 is 18.5 Å². The summed E-state index contributed by atoms with van der Waals surface area (Å²) in [7, 11) is 0. The molecular formula is C18H33O7PSW2-2. The number of rotatable bonds is 10. The van der Waals surface area contributed by atoms with Gasteiger partial charge in [-0.2, -0.15) is 0 Å². The van der Waals surface area contributed by atoms with Crippen LogP contribution in [0.2, 0.25) is 0 Å². The van der Waals surface area contributed by atoms with E-state index in [1.165, 1.54) is 0 Å². The van der Waals surface area contributed by atoms with Crippen molar-refractivity contribution in [2.45, 2.75) is 96.8 Å². The molecule has 0 aromatic rings. The van der Waals surface area contributed by atoms with Gasteiger partial charge >= 0.3 is 0 Å². The van der Waals surface area contributed by atoms with Crippen LogP contribution in [0.1, 0.15) is 48.0 Å². The van der Waals surface area contributed by atoms with E-state index in [-0.39, 0.29) is 91.5 Å². The smallest absolute Gasteiger partial charge is 0.113 e. The first-order valence-corrected chi connectivity index (χ1v) is 12.2. The Balaban J connectivity index is 0.00000392. The molecule has 0 saturated carbocycles. The van der Waals surface area contributed by atoms with E-state index in [1.807, 2.05) is 48.0 Å². The largest absolute Gasteiger partial charge is 0.780 e. The van der Waals surface area contributed by atoms with Crippen molar-refractivity contribution in [3.8, 4) is 0 Å². The second kappa shape index (κ2) is 14.1.